The first-order valence-corrected chi connectivity index (χ1v) is 7.48. The van der Waals surface area contributed by atoms with Crippen LogP contribution in [0.15, 0.2) is 24.3 Å². The second kappa shape index (κ2) is 8.00. The normalized spacial score (nSPS) is 15.9. The van der Waals surface area contributed by atoms with E-state index in [1.165, 1.54) is 25.0 Å². The molecule has 0 bridgehead atoms. The molecule has 1 fully saturated rings. The van der Waals surface area contributed by atoms with Gasteiger partial charge in [0.2, 0.25) is 5.91 Å². The van der Waals surface area contributed by atoms with Gasteiger partial charge in [0.15, 0.2) is 0 Å². The summed E-state index contributed by atoms with van der Waals surface area (Å²) in [7, 11) is 0. The minimum Gasteiger partial charge on any atom is -0.343 e. The lowest BCUT2D eigenvalue weighted by atomic mass is 10.2. The van der Waals surface area contributed by atoms with Gasteiger partial charge in [-0.25, -0.2) is 4.39 Å². The van der Waals surface area contributed by atoms with E-state index in [0.717, 1.165) is 31.5 Å². The summed E-state index contributed by atoms with van der Waals surface area (Å²) in [5, 5.41) is 3.24. The number of likely N-dealkylation sites (tertiary alicyclic amines) is 1. The van der Waals surface area contributed by atoms with Crippen LogP contribution in [0.25, 0.3) is 0 Å². The van der Waals surface area contributed by atoms with Gasteiger partial charge in [-0.2, -0.15) is 0 Å². The predicted molar refractivity (Wildman–Crippen MR) is 77.8 cm³/mol. The number of carbonyl (C=O) groups excluding carboxylic acids is 1. The molecule has 0 radical (unpaired) electrons. The lowest BCUT2D eigenvalue weighted by molar-refractivity contribution is -0.131. The van der Waals surface area contributed by atoms with Crippen molar-refractivity contribution < 1.29 is 9.18 Å². The Balaban J connectivity index is 1.64. The molecule has 1 aliphatic rings. The third kappa shape index (κ3) is 4.93. The van der Waals surface area contributed by atoms with E-state index in [0.29, 0.717) is 19.5 Å². The standard InChI is InChI=1S/C16H23FN2O/c17-15-7-5-14(6-8-15)13-18-10-9-16(20)19-11-3-1-2-4-12-19/h5-8,18H,1-4,9-13H2. The van der Waals surface area contributed by atoms with Crippen LogP contribution in [-0.2, 0) is 11.3 Å². The highest BCUT2D eigenvalue weighted by atomic mass is 19.1. The van der Waals surface area contributed by atoms with Crippen LogP contribution >= 0.6 is 0 Å². The van der Waals surface area contributed by atoms with E-state index in [1.807, 2.05) is 4.90 Å². The maximum absolute atomic E-state index is 12.7. The van der Waals surface area contributed by atoms with Gasteiger partial charge >= 0.3 is 0 Å². The number of rotatable bonds is 5. The summed E-state index contributed by atoms with van der Waals surface area (Å²) in [5.41, 5.74) is 1.04. The number of benzene rings is 1. The molecule has 20 heavy (non-hydrogen) atoms. The lowest BCUT2D eigenvalue weighted by Crippen LogP contribution is -2.33. The predicted octanol–water partition coefficient (Wildman–Crippen LogP) is 2.71. The van der Waals surface area contributed by atoms with Gasteiger partial charge in [-0.15, -0.1) is 0 Å². The number of carbonyl (C=O) groups is 1. The third-order valence-electron chi connectivity index (χ3n) is 3.72. The van der Waals surface area contributed by atoms with Crippen molar-refractivity contribution in [3.63, 3.8) is 0 Å². The number of halogens is 1. The molecule has 1 aliphatic heterocycles. The molecular weight excluding hydrogens is 255 g/mol. The van der Waals surface area contributed by atoms with Crippen molar-refractivity contribution in [1.29, 1.82) is 0 Å². The van der Waals surface area contributed by atoms with Crippen LogP contribution in [0, 0.1) is 5.82 Å². The van der Waals surface area contributed by atoms with Crippen LogP contribution in [0.4, 0.5) is 4.39 Å². The Kier molecular flexibility index (Phi) is 5.99. The largest absolute Gasteiger partial charge is 0.343 e. The van der Waals surface area contributed by atoms with Gasteiger partial charge in [0.1, 0.15) is 5.82 Å². The molecule has 0 atom stereocenters. The van der Waals surface area contributed by atoms with Crippen molar-refractivity contribution in [3.05, 3.63) is 35.6 Å². The van der Waals surface area contributed by atoms with Gasteiger partial charge in [-0.1, -0.05) is 25.0 Å². The van der Waals surface area contributed by atoms with Crippen molar-refractivity contribution >= 4 is 5.91 Å². The lowest BCUT2D eigenvalue weighted by Gasteiger charge is -2.20. The average molecular weight is 278 g/mol. The first-order valence-electron chi connectivity index (χ1n) is 7.48. The molecule has 4 heteroatoms. The Morgan fingerprint density at radius 2 is 1.75 bits per heavy atom. The van der Waals surface area contributed by atoms with Crippen molar-refractivity contribution in [2.75, 3.05) is 19.6 Å². The molecule has 0 aromatic heterocycles. The number of nitrogens with one attached hydrogen (secondary N) is 1. The molecule has 0 aliphatic carbocycles. The minimum atomic E-state index is -0.218. The van der Waals surface area contributed by atoms with Gasteiger partial charge in [0.25, 0.3) is 0 Å². The molecule has 1 aromatic carbocycles. The van der Waals surface area contributed by atoms with Crippen LogP contribution in [0.5, 0.6) is 0 Å². The van der Waals surface area contributed by atoms with Crippen LogP contribution < -0.4 is 5.32 Å². The fraction of sp³-hybridized carbons (Fsp3) is 0.562. The molecule has 1 saturated heterocycles. The zero-order valence-electron chi connectivity index (χ0n) is 11.9. The van der Waals surface area contributed by atoms with Crippen molar-refractivity contribution in [2.24, 2.45) is 0 Å². The number of hydrogen-bond donors (Lipinski definition) is 1. The maximum Gasteiger partial charge on any atom is 0.223 e. The molecule has 0 saturated carbocycles. The Morgan fingerprint density at radius 1 is 1.10 bits per heavy atom. The Hall–Kier alpha value is -1.42. The summed E-state index contributed by atoms with van der Waals surface area (Å²) >= 11 is 0. The summed E-state index contributed by atoms with van der Waals surface area (Å²) in [5.74, 6) is 0.0311. The van der Waals surface area contributed by atoms with E-state index in [-0.39, 0.29) is 11.7 Å². The highest BCUT2D eigenvalue weighted by molar-refractivity contribution is 5.76. The summed E-state index contributed by atoms with van der Waals surface area (Å²) in [6, 6.07) is 6.44. The Bertz CT molecular complexity index is 411. The van der Waals surface area contributed by atoms with Crippen molar-refractivity contribution in [2.45, 2.75) is 38.6 Å². The molecule has 1 heterocycles. The average Bonchev–Trinajstić information content (AvgIpc) is 2.74. The number of amides is 1. The Morgan fingerprint density at radius 3 is 2.40 bits per heavy atom. The highest BCUT2D eigenvalue weighted by Crippen LogP contribution is 2.10. The van der Waals surface area contributed by atoms with Crippen molar-refractivity contribution in [3.8, 4) is 0 Å². The smallest absolute Gasteiger partial charge is 0.223 e. The molecule has 0 unspecified atom stereocenters. The molecule has 3 nitrogen and oxygen atoms in total. The fourth-order valence-corrected chi connectivity index (χ4v) is 2.51. The Labute approximate surface area is 120 Å². The SMILES string of the molecule is O=C(CCNCc1ccc(F)cc1)N1CCCCCC1. The first kappa shape index (κ1) is 15.0. The summed E-state index contributed by atoms with van der Waals surface area (Å²) in [6.45, 7) is 3.17. The van der Waals surface area contributed by atoms with E-state index in [2.05, 4.69) is 5.32 Å². The van der Waals surface area contributed by atoms with Crippen LogP contribution in [0.3, 0.4) is 0 Å². The van der Waals surface area contributed by atoms with Gasteiger partial charge in [0.05, 0.1) is 0 Å². The van der Waals surface area contributed by atoms with E-state index < -0.39 is 0 Å². The molecule has 1 aromatic rings. The molecule has 1 N–H and O–H groups in total. The summed E-state index contributed by atoms with van der Waals surface area (Å²) in [4.78, 5) is 14.0. The number of nitrogens with zero attached hydrogens (tertiary/aromatic N) is 1. The second-order valence-electron chi connectivity index (χ2n) is 5.35. The molecule has 0 spiro atoms. The van der Waals surface area contributed by atoms with Gasteiger partial charge in [0, 0.05) is 32.6 Å². The van der Waals surface area contributed by atoms with E-state index in [9.17, 15) is 9.18 Å². The van der Waals surface area contributed by atoms with Crippen LogP contribution in [0.2, 0.25) is 0 Å². The van der Waals surface area contributed by atoms with E-state index in [1.54, 1.807) is 12.1 Å². The number of hydrogen-bond acceptors (Lipinski definition) is 2. The fourth-order valence-electron chi connectivity index (χ4n) is 2.51. The zero-order chi connectivity index (χ0) is 14.2. The molecule has 2 rings (SSSR count). The minimum absolute atomic E-state index is 0.218. The van der Waals surface area contributed by atoms with E-state index >= 15 is 0 Å². The molecule has 1 amide bonds. The van der Waals surface area contributed by atoms with E-state index in [4.69, 9.17) is 0 Å². The molecule has 110 valence electrons. The monoisotopic (exact) mass is 278 g/mol. The van der Waals surface area contributed by atoms with Gasteiger partial charge < -0.3 is 10.2 Å². The quantitative estimate of drug-likeness (QED) is 0.840. The zero-order valence-corrected chi connectivity index (χ0v) is 11.9. The summed E-state index contributed by atoms with van der Waals surface area (Å²) in [6.07, 6.45) is 5.30. The van der Waals surface area contributed by atoms with Crippen molar-refractivity contribution in [1.82, 2.24) is 10.2 Å². The van der Waals surface area contributed by atoms with Crippen LogP contribution in [0.1, 0.15) is 37.7 Å². The van der Waals surface area contributed by atoms with Gasteiger partial charge in [-0.3, -0.25) is 4.79 Å². The second-order valence-corrected chi connectivity index (χ2v) is 5.35. The maximum atomic E-state index is 12.7. The van der Waals surface area contributed by atoms with Crippen LogP contribution in [-0.4, -0.2) is 30.4 Å². The molecular formula is C16H23FN2O. The third-order valence-corrected chi connectivity index (χ3v) is 3.72. The topological polar surface area (TPSA) is 32.3 Å². The highest BCUT2D eigenvalue weighted by Gasteiger charge is 2.14. The van der Waals surface area contributed by atoms with Gasteiger partial charge in [-0.05, 0) is 30.5 Å². The summed E-state index contributed by atoms with van der Waals surface area (Å²) < 4.78 is 12.7. The first-order chi connectivity index (χ1) is 9.75.